The molecule has 2 rings (SSSR count). The third kappa shape index (κ3) is 5.59. The molecule has 0 fully saturated rings. The normalized spacial score (nSPS) is 13.1. The van der Waals surface area contributed by atoms with E-state index in [0.29, 0.717) is 24.7 Å². The molecule has 0 saturated heterocycles. The van der Waals surface area contributed by atoms with E-state index in [1.807, 2.05) is 73.8 Å². The maximum absolute atomic E-state index is 13.0. The van der Waals surface area contributed by atoms with Crippen molar-refractivity contribution in [3.63, 3.8) is 0 Å². The first-order valence-electron chi connectivity index (χ1n) is 8.57. The van der Waals surface area contributed by atoms with Gasteiger partial charge >= 0.3 is 0 Å². The number of anilines is 1. The Labute approximate surface area is 149 Å². The second-order valence-corrected chi connectivity index (χ2v) is 5.93. The van der Waals surface area contributed by atoms with Gasteiger partial charge in [-0.15, -0.1) is 0 Å². The summed E-state index contributed by atoms with van der Waals surface area (Å²) in [7, 11) is 1.67. The van der Waals surface area contributed by atoms with E-state index >= 15 is 0 Å². The summed E-state index contributed by atoms with van der Waals surface area (Å²) in [6.45, 7) is 5.09. The number of nitrogens with two attached hydrogens (primary N) is 1. The molecule has 3 N–H and O–H groups in total. The van der Waals surface area contributed by atoms with Gasteiger partial charge in [-0.05, 0) is 26.0 Å². The van der Waals surface area contributed by atoms with Crippen LogP contribution in [0.4, 0.5) is 5.69 Å². The zero-order valence-corrected chi connectivity index (χ0v) is 15.1. The van der Waals surface area contributed by atoms with Gasteiger partial charge in [0, 0.05) is 12.7 Å². The molecule has 0 aliphatic rings. The van der Waals surface area contributed by atoms with E-state index < -0.39 is 0 Å². The van der Waals surface area contributed by atoms with Crippen LogP contribution in [-0.2, 0) is 9.53 Å². The van der Waals surface area contributed by atoms with Crippen LogP contribution in [0, 0.1) is 0 Å². The van der Waals surface area contributed by atoms with Crippen molar-refractivity contribution in [2.75, 3.05) is 25.6 Å². The van der Waals surface area contributed by atoms with Crippen molar-refractivity contribution in [2.45, 2.75) is 25.9 Å². The number of carbonyl (C=O) groups excluding carboxylic acids is 1. The summed E-state index contributed by atoms with van der Waals surface area (Å²) in [6.07, 6.45) is 0. The first-order chi connectivity index (χ1) is 12.2. The molecule has 0 unspecified atom stereocenters. The molecular formula is C20H27N2O3+. The van der Waals surface area contributed by atoms with Crippen molar-refractivity contribution >= 4 is 11.6 Å². The lowest BCUT2D eigenvalue weighted by molar-refractivity contribution is -0.713. The van der Waals surface area contributed by atoms with Crippen LogP contribution in [0.5, 0.6) is 5.75 Å². The van der Waals surface area contributed by atoms with E-state index in [0.717, 1.165) is 5.56 Å². The van der Waals surface area contributed by atoms with Crippen molar-refractivity contribution < 1.29 is 19.6 Å². The lowest BCUT2D eigenvalue weighted by Crippen LogP contribution is -2.92. The Morgan fingerprint density at radius 1 is 1.12 bits per heavy atom. The first kappa shape index (κ1) is 19.0. The Hall–Kier alpha value is -2.37. The number of rotatable bonds is 9. The van der Waals surface area contributed by atoms with Gasteiger partial charge in [-0.25, -0.2) is 0 Å². The maximum atomic E-state index is 13.0. The molecule has 0 aromatic heterocycles. The van der Waals surface area contributed by atoms with Crippen LogP contribution in [0.25, 0.3) is 0 Å². The second kappa shape index (κ2) is 9.81. The van der Waals surface area contributed by atoms with Crippen molar-refractivity contribution in [1.82, 2.24) is 0 Å². The van der Waals surface area contributed by atoms with Crippen molar-refractivity contribution in [3.05, 3.63) is 60.2 Å². The number of methoxy groups -OCH3 is 1. The molecule has 0 heterocycles. The van der Waals surface area contributed by atoms with Crippen molar-refractivity contribution in [2.24, 2.45) is 0 Å². The van der Waals surface area contributed by atoms with Gasteiger partial charge in [0.1, 0.15) is 11.8 Å². The number of amides is 1. The summed E-state index contributed by atoms with van der Waals surface area (Å²) >= 11 is 0. The summed E-state index contributed by atoms with van der Waals surface area (Å²) < 4.78 is 10.8. The standard InChI is InChI=1S/C20H26N2O3/c1-4-25-18-13-9-8-12-17(18)22-20(23)19(21-15(2)14-24-3)16-10-6-5-7-11-16/h5-13,15,19,21H,4,14H2,1-3H3,(H,22,23)/p+1/t15-,19-/m1/s1. The number of benzene rings is 2. The highest BCUT2D eigenvalue weighted by Crippen LogP contribution is 2.24. The number of hydrogen-bond acceptors (Lipinski definition) is 3. The van der Waals surface area contributed by atoms with E-state index in [4.69, 9.17) is 9.47 Å². The van der Waals surface area contributed by atoms with Gasteiger partial charge in [0.2, 0.25) is 0 Å². The predicted molar refractivity (Wildman–Crippen MR) is 98.7 cm³/mol. The van der Waals surface area contributed by atoms with Crippen molar-refractivity contribution in [1.29, 1.82) is 0 Å². The molecule has 2 aromatic rings. The van der Waals surface area contributed by atoms with Crippen LogP contribution in [0.2, 0.25) is 0 Å². The summed E-state index contributed by atoms with van der Waals surface area (Å²) in [5, 5.41) is 5.03. The fraction of sp³-hybridized carbons (Fsp3) is 0.350. The fourth-order valence-electron chi connectivity index (χ4n) is 2.72. The molecule has 0 saturated carbocycles. The van der Waals surface area contributed by atoms with Crippen LogP contribution >= 0.6 is 0 Å². The Kier molecular flexibility index (Phi) is 7.44. The molecule has 1 amide bonds. The van der Waals surface area contributed by atoms with Gasteiger partial charge in [0.25, 0.3) is 5.91 Å². The van der Waals surface area contributed by atoms with Gasteiger partial charge < -0.3 is 20.1 Å². The molecule has 25 heavy (non-hydrogen) atoms. The van der Waals surface area contributed by atoms with Gasteiger partial charge in [0.15, 0.2) is 6.04 Å². The van der Waals surface area contributed by atoms with Crippen LogP contribution in [0.1, 0.15) is 25.5 Å². The van der Waals surface area contributed by atoms with Crippen molar-refractivity contribution in [3.8, 4) is 5.75 Å². The molecule has 0 bridgehead atoms. The number of hydrogen-bond donors (Lipinski definition) is 2. The molecule has 0 aliphatic heterocycles. The van der Waals surface area contributed by atoms with Crippen LogP contribution in [-0.4, -0.2) is 32.3 Å². The number of carbonyl (C=O) groups is 1. The topological polar surface area (TPSA) is 64.2 Å². The quantitative estimate of drug-likeness (QED) is 0.735. The highest BCUT2D eigenvalue weighted by Gasteiger charge is 2.27. The largest absolute Gasteiger partial charge is 0.492 e. The molecule has 5 nitrogen and oxygen atoms in total. The van der Waals surface area contributed by atoms with E-state index in [1.165, 1.54) is 0 Å². The minimum Gasteiger partial charge on any atom is -0.492 e. The SMILES string of the molecule is CCOc1ccccc1NC(=O)[C@H]([NH2+][C@H](C)COC)c1ccccc1. The summed E-state index contributed by atoms with van der Waals surface area (Å²) in [6, 6.07) is 17.0. The maximum Gasteiger partial charge on any atom is 0.287 e. The Bertz CT molecular complexity index is 661. The van der Waals surface area contributed by atoms with Crippen LogP contribution in [0.3, 0.4) is 0 Å². The molecule has 0 spiro atoms. The Morgan fingerprint density at radius 2 is 1.80 bits per heavy atom. The Balaban J connectivity index is 2.20. The number of ether oxygens (including phenoxy) is 2. The first-order valence-corrected chi connectivity index (χ1v) is 8.57. The van der Waals surface area contributed by atoms with E-state index in [-0.39, 0.29) is 18.0 Å². The molecule has 0 aliphatic carbocycles. The zero-order valence-electron chi connectivity index (χ0n) is 15.1. The second-order valence-electron chi connectivity index (χ2n) is 5.93. The minimum absolute atomic E-state index is 0.0821. The van der Waals surface area contributed by atoms with Crippen LogP contribution < -0.4 is 15.4 Å². The smallest absolute Gasteiger partial charge is 0.287 e. The van der Waals surface area contributed by atoms with Gasteiger partial charge in [-0.1, -0.05) is 42.5 Å². The van der Waals surface area contributed by atoms with E-state index in [1.54, 1.807) is 7.11 Å². The summed E-state index contributed by atoms with van der Waals surface area (Å²) in [5.41, 5.74) is 1.64. The number of para-hydroxylation sites is 2. The molecular weight excluding hydrogens is 316 g/mol. The Morgan fingerprint density at radius 3 is 2.48 bits per heavy atom. The lowest BCUT2D eigenvalue weighted by Gasteiger charge is -2.20. The molecule has 2 aromatic carbocycles. The highest BCUT2D eigenvalue weighted by molar-refractivity contribution is 5.95. The van der Waals surface area contributed by atoms with Crippen LogP contribution in [0.15, 0.2) is 54.6 Å². The minimum atomic E-state index is -0.360. The highest BCUT2D eigenvalue weighted by atomic mass is 16.5. The molecule has 134 valence electrons. The third-order valence-electron chi connectivity index (χ3n) is 3.84. The fourth-order valence-corrected chi connectivity index (χ4v) is 2.72. The van der Waals surface area contributed by atoms with Gasteiger partial charge in [-0.3, -0.25) is 4.79 Å². The zero-order chi connectivity index (χ0) is 18.1. The van der Waals surface area contributed by atoms with E-state index in [2.05, 4.69) is 5.32 Å². The third-order valence-corrected chi connectivity index (χ3v) is 3.84. The average Bonchev–Trinajstić information content (AvgIpc) is 2.62. The summed E-state index contributed by atoms with van der Waals surface area (Å²) in [5.74, 6) is 0.594. The lowest BCUT2D eigenvalue weighted by atomic mass is 10.0. The molecule has 5 heteroatoms. The molecule has 2 atom stereocenters. The predicted octanol–water partition coefficient (Wildman–Crippen LogP) is 2.36. The number of quaternary nitrogens is 1. The molecule has 0 radical (unpaired) electrons. The van der Waals surface area contributed by atoms with Gasteiger partial charge in [-0.2, -0.15) is 0 Å². The average molecular weight is 343 g/mol. The van der Waals surface area contributed by atoms with E-state index in [9.17, 15) is 4.79 Å². The summed E-state index contributed by atoms with van der Waals surface area (Å²) in [4.78, 5) is 13.0. The number of nitrogens with one attached hydrogen (secondary N) is 1. The van der Waals surface area contributed by atoms with Gasteiger partial charge in [0.05, 0.1) is 18.9 Å². The monoisotopic (exact) mass is 343 g/mol.